The molecule has 0 unspecified atom stereocenters. The molecule has 0 radical (unpaired) electrons. The largest absolute Gasteiger partial charge is 0.464 e. The Morgan fingerprint density at radius 1 is 1.44 bits per heavy atom. The third-order valence-corrected chi connectivity index (χ3v) is 2.70. The molecular weight excluding hydrogens is 232 g/mol. The van der Waals surface area contributed by atoms with E-state index >= 15 is 0 Å². The standard InChI is InChI=1S/C12H18N4O2/c1-18-12(17)10-7-13-8-11(16-10)15-6-2-5-14-9-3-4-9/h7-9,14H,2-6H2,1H3,(H,15,16). The van der Waals surface area contributed by atoms with Gasteiger partial charge in [-0.1, -0.05) is 0 Å². The maximum atomic E-state index is 11.3. The van der Waals surface area contributed by atoms with Crippen LogP contribution in [0.3, 0.4) is 0 Å². The van der Waals surface area contributed by atoms with E-state index in [9.17, 15) is 4.79 Å². The van der Waals surface area contributed by atoms with Crippen LogP contribution in [-0.4, -0.2) is 42.2 Å². The molecule has 0 aliphatic heterocycles. The van der Waals surface area contributed by atoms with Gasteiger partial charge in [-0.05, 0) is 25.8 Å². The molecule has 1 aromatic rings. The molecule has 0 atom stereocenters. The van der Waals surface area contributed by atoms with Gasteiger partial charge in [-0.3, -0.25) is 4.98 Å². The second-order valence-corrected chi connectivity index (χ2v) is 4.29. The lowest BCUT2D eigenvalue weighted by Gasteiger charge is -2.06. The summed E-state index contributed by atoms with van der Waals surface area (Å²) in [5.74, 6) is 0.130. The predicted octanol–water partition coefficient (Wildman–Crippen LogP) is 0.817. The van der Waals surface area contributed by atoms with Crippen molar-refractivity contribution in [1.29, 1.82) is 0 Å². The lowest BCUT2D eigenvalue weighted by atomic mass is 10.4. The number of aromatic nitrogens is 2. The maximum Gasteiger partial charge on any atom is 0.358 e. The first-order chi connectivity index (χ1) is 8.79. The minimum Gasteiger partial charge on any atom is -0.464 e. The van der Waals surface area contributed by atoms with E-state index in [0.29, 0.717) is 5.82 Å². The van der Waals surface area contributed by atoms with E-state index in [1.165, 1.54) is 26.1 Å². The highest BCUT2D eigenvalue weighted by molar-refractivity contribution is 5.87. The lowest BCUT2D eigenvalue weighted by molar-refractivity contribution is 0.0593. The lowest BCUT2D eigenvalue weighted by Crippen LogP contribution is -2.20. The quantitative estimate of drug-likeness (QED) is 0.551. The average Bonchev–Trinajstić information content (AvgIpc) is 3.22. The summed E-state index contributed by atoms with van der Waals surface area (Å²) in [6.45, 7) is 1.81. The zero-order chi connectivity index (χ0) is 12.8. The molecule has 1 fully saturated rings. The van der Waals surface area contributed by atoms with Gasteiger partial charge in [0.05, 0.1) is 19.5 Å². The third kappa shape index (κ3) is 3.96. The molecule has 1 aliphatic carbocycles. The van der Waals surface area contributed by atoms with Crippen molar-refractivity contribution in [3.05, 3.63) is 18.1 Å². The Morgan fingerprint density at radius 2 is 2.28 bits per heavy atom. The van der Waals surface area contributed by atoms with Crippen molar-refractivity contribution in [3.63, 3.8) is 0 Å². The Labute approximate surface area is 106 Å². The zero-order valence-corrected chi connectivity index (χ0v) is 10.5. The molecule has 98 valence electrons. The number of carbonyl (C=O) groups is 1. The molecule has 6 nitrogen and oxygen atoms in total. The number of nitrogens with zero attached hydrogens (tertiary/aromatic N) is 2. The zero-order valence-electron chi connectivity index (χ0n) is 10.5. The summed E-state index contributed by atoms with van der Waals surface area (Å²) in [7, 11) is 1.33. The van der Waals surface area contributed by atoms with Gasteiger partial charge in [0.25, 0.3) is 0 Å². The van der Waals surface area contributed by atoms with Gasteiger partial charge in [0.1, 0.15) is 5.82 Å². The van der Waals surface area contributed by atoms with Crippen molar-refractivity contribution in [2.45, 2.75) is 25.3 Å². The first-order valence-electron chi connectivity index (χ1n) is 6.17. The smallest absolute Gasteiger partial charge is 0.358 e. The highest BCUT2D eigenvalue weighted by Gasteiger charge is 2.19. The van der Waals surface area contributed by atoms with Gasteiger partial charge in [0.2, 0.25) is 0 Å². The molecule has 0 amide bonds. The monoisotopic (exact) mass is 250 g/mol. The third-order valence-electron chi connectivity index (χ3n) is 2.70. The van der Waals surface area contributed by atoms with Crippen molar-refractivity contribution in [3.8, 4) is 0 Å². The van der Waals surface area contributed by atoms with E-state index in [1.54, 1.807) is 6.20 Å². The number of rotatable bonds is 7. The highest BCUT2D eigenvalue weighted by Crippen LogP contribution is 2.18. The number of nitrogens with one attached hydrogen (secondary N) is 2. The number of anilines is 1. The van der Waals surface area contributed by atoms with Crippen LogP contribution >= 0.6 is 0 Å². The molecular formula is C12H18N4O2. The van der Waals surface area contributed by atoms with E-state index in [-0.39, 0.29) is 5.69 Å². The van der Waals surface area contributed by atoms with E-state index in [1.807, 2.05) is 0 Å². The van der Waals surface area contributed by atoms with Crippen LogP contribution in [0.5, 0.6) is 0 Å². The fourth-order valence-corrected chi connectivity index (χ4v) is 1.55. The topological polar surface area (TPSA) is 76.1 Å². The summed E-state index contributed by atoms with van der Waals surface area (Å²) in [5, 5.41) is 6.57. The first kappa shape index (κ1) is 12.8. The number of ether oxygens (including phenoxy) is 1. The Hall–Kier alpha value is -1.69. The molecule has 2 rings (SSSR count). The van der Waals surface area contributed by atoms with Crippen LogP contribution < -0.4 is 10.6 Å². The van der Waals surface area contributed by atoms with Crippen molar-refractivity contribution >= 4 is 11.8 Å². The molecule has 2 N–H and O–H groups in total. The molecule has 6 heteroatoms. The predicted molar refractivity (Wildman–Crippen MR) is 67.5 cm³/mol. The summed E-state index contributed by atoms with van der Waals surface area (Å²) in [6, 6.07) is 0.743. The van der Waals surface area contributed by atoms with E-state index in [0.717, 1.165) is 25.6 Å². The number of hydrogen-bond acceptors (Lipinski definition) is 6. The van der Waals surface area contributed by atoms with Crippen LogP contribution in [0.2, 0.25) is 0 Å². The average molecular weight is 250 g/mol. The molecule has 1 aliphatic rings. The van der Waals surface area contributed by atoms with Crippen LogP contribution in [0.15, 0.2) is 12.4 Å². The summed E-state index contributed by atoms with van der Waals surface area (Å²) < 4.78 is 4.59. The number of methoxy groups -OCH3 is 1. The van der Waals surface area contributed by atoms with Crippen molar-refractivity contribution in [1.82, 2.24) is 15.3 Å². The van der Waals surface area contributed by atoms with Gasteiger partial charge in [0.15, 0.2) is 5.69 Å². The SMILES string of the molecule is COC(=O)c1cncc(NCCCNC2CC2)n1. The number of hydrogen-bond donors (Lipinski definition) is 2. The Kier molecular flexibility index (Phi) is 4.46. The summed E-state index contributed by atoms with van der Waals surface area (Å²) in [5.41, 5.74) is 0.221. The minimum absolute atomic E-state index is 0.221. The van der Waals surface area contributed by atoms with Crippen molar-refractivity contribution in [2.24, 2.45) is 0 Å². The second-order valence-electron chi connectivity index (χ2n) is 4.29. The maximum absolute atomic E-state index is 11.3. The Morgan fingerprint density at radius 3 is 3.00 bits per heavy atom. The molecule has 0 saturated heterocycles. The highest BCUT2D eigenvalue weighted by atomic mass is 16.5. The first-order valence-corrected chi connectivity index (χ1v) is 6.17. The fourth-order valence-electron chi connectivity index (χ4n) is 1.55. The molecule has 0 bridgehead atoms. The van der Waals surface area contributed by atoms with Gasteiger partial charge in [-0.25, -0.2) is 9.78 Å². The van der Waals surface area contributed by atoms with Crippen LogP contribution in [0.25, 0.3) is 0 Å². The van der Waals surface area contributed by atoms with Crippen LogP contribution in [-0.2, 0) is 4.74 Å². The second kappa shape index (κ2) is 6.30. The van der Waals surface area contributed by atoms with Gasteiger partial charge >= 0.3 is 5.97 Å². The summed E-state index contributed by atoms with van der Waals surface area (Å²) >= 11 is 0. The molecule has 0 spiro atoms. The summed E-state index contributed by atoms with van der Waals surface area (Å²) in [6.07, 6.45) is 6.62. The molecule has 1 saturated carbocycles. The van der Waals surface area contributed by atoms with Gasteiger partial charge in [-0.15, -0.1) is 0 Å². The van der Waals surface area contributed by atoms with Crippen LogP contribution in [0.1, 0.15) is 29.8 Å². The van der Waals surface area contributed by atoms with E-state index < -0.39 is 5.97 Å². The number of esters is 1. The molecule has 1 aromatic heterocycles. The summed E-state index contributed by atoms with van der Waals surface area (Å²) in [4.78, 5) is 19.3. The van der Waals surface area contributed by atoms with E-state index in [2.05, 4.69) is 25.3 Å². The Balaban J connectivity index is 1.72. The Bertz CT molecular complexity index is 407. The van der Waals surface area contributed by atoms with Crippen molar-refractivity contribution < 1.29 is 9.53 Å². The number of carbonyl (C=O) groups excluding carboxylic acids is 1. The van der Waals surface area contributed by atoms with Crippen LogP contribution in [0, 0.1) is 0 Å². The van der Waals surface area contributed by atoms with Gasteiger partial charge < -0.3 is 15.4 Å². The van der Waals surface area contributed by atoms with Crippen LogP contribution in [0.4, 0.5) is 5.82 Å². The molecule has 0 aromatic carbocycles. The normalized spacial score (nSPS) is 14.3. The van der Waals surface area contributed by atoms with Gasteiger partial charge in [-0.2, -0.15) is 0 Å². The molecule has 1 heterocycles. The van der Waals surface area contributed by atoms with E-state index in [4.69, 9.17) is 0 Å². The van der Waals surface area contributed by atoms with Gasteiger partial charge in [0, 0.05) is 12.6 Å². The molecule has 18 heavy (non-hydrogen) atoms. The fraction of sp³-hybridized carbons (Fsp3) is 0.583. The minimum atomic E-state index is -0.471. The van der Waals surface area contributed by atoms with Crippen molar-refractivity contribution in [2.75, 3.05) is 25.5 Å².